The van der Waals surface area contributed by atoms with Gasteiger partial charge in [0.2, 0.25) is 11.8 Å². The second-order valence-electron chi connectivity index (χ2n) is 13.1. The Hall–Kier alpha value is -3.10. The number of nitrogens with one attached hydrogen (secondary N) is 1. The molecule has 3 N–H and O–H groups in total. The molecule has 3 aromatic carbocycles. The van der Waals surface area contributed by atoms with Crippen molar-refractivity contribution in [3.05, 3.63) is 101 Å². The summed E-state index contributed by atoms with van der Waals surface area (Å²) in [5.74, 6) is 1.04. The van der Waals surface area contributed by atoms with Crippen LogP contribution in [0.2, 0.25) is 0 Å². The van der Waals surface area contributed by atoms with Gasteiger partial charge in [0.15, 0.2) is 0 Å². The lowest BCUT2D eigenvalue weighted by atomic mass is 9.66. The highest BCUT2D eigenvalue weighted by atomic mass is 35.5. The van der Waals surface area contributed by atoms with Gasteiger partial charge in [-0.2, -0.15) is 0 Å². The summed E-state index contributed by atoms with van der Waals surface area (Å²) >= 11 is 0. The first kappa shape index (κ1) is 35.7. The first-order valence-electron chi connectivity index (χ1n) is 16.2. The van der Waals surface area contributed by atoms with E-state index in [2.05, 4.69) is 103 Å². The van der Waals surface area contributed by atoms with E-state index < -0.39 is 11.9 Å². The number of carbonyl (C=O) groups excluding carboxylic acids is 2. The van der Waals surface area contributed by atoms with E-state index >= 15 is 0 Å². The molecule has 9 heteroatoms. The number of hydrogen-bond donors (Lipinski definition) is 2. The third-order valence-electron chi connectivity index (χ3n) is 10.3. The molecule has 6 atom stereocenters. The number of primary amides is 1. The minimum atomic E-state index is -0.496. The Labute approximate surface area is 286 Å². The van der Waals surface area contributed by atoms with Gasteiger partial charge in [0, 0.05) is 43.2 Å². The van der Waals surface area contributed by atoms with Crippen LogP contribution in [0.5, 0.6) is 5.75 Å². The zero-order valence-electron chi connectivity index (χ0n) is 27.0. The fourth-order valence-corrected chi connectivity index (χ4v) is 8.10. The SMILES string of the molecule is COc1ccc(C(C)C)cc1CN[C@H]1[C@H]2CCN(C[C@@H]2C(=O)N2CCCC2C(N)=O)[C@@H]1C(c1ccccc1)c1ccccc1.Cl.Cl. The number of hydrogen-bond acceptors (Lipinski definition) is 5. The molecule has 4 heterocycles. The maximum atomic E-state index is 14.2. The number of nitrogens with zero attached hydrogens (tertiary/aromatic N) is 2. The topological polar surface area (TPSA) is 87.9 Å². The summed E-state index contributed by atoms with van der Waals surface area (Å²) in [5, 5.41) is 4.01. The number of halogens is 2. The summed E-state index contributed by atoms with van der Waals surface area (Å²) in [6.45, 7) is 7.30. The van der Waals surface area contributed by atoms with E-state index in [0.29, 0.717) is 32.0 Å². The molecule has 0 aromatic heterocycles. The van der Waals surface area contributed by atoms with Crippen molar-refractivity contribution >= 4 is 36.6 Å². The van der Waals surface area contributed by atoms with Crippen LogP contribution in [0.25, 0.3) is 0 Å². The van der Waals surface area contributed by atoms with Gasteiger partial charge in [-0.25, -0.2) is 0 Å². The second-order valence-corrected chi connectivity index (χ2v) is 13.1. The highest BCUT2D eigenvalue weighted by Crippen LogP contribution is 2.45. The maximum Gasteiger partial charge on any atom is 0.240 e. The average Bonchev–Trinajstić information content (AvgIpc) is 3.56. The van der Waals surface area contributed by atoms with E-state index in [4.69, 9.17) is 10.5 Å². The minimum Gasteiger partial charge on any atom is -0.496 e. The molecule has 46 heavy (non-hydrogen) atoms. The van der Waals surface area contributed by atoms with Crippen molar-refractivity contribution in [2.45, 2.75) is 69.6 Å². The minimum absolute atomic E-state index is 0. The molecule has 0 spiro atoms. The Morgan fingerprint density at radius 1 is 0.913 bits per heavy atom. The largest absolute Gasteiger partial charge is 0.496 e. The van der Waals surface area contributed by atoms with Crippen molar-refractivity contribution in [3.8, 4) is 5.75 Å². The zero-order chi connectivity index (χ0) is 30.8. The molecular weight excluding hydrogens is 619 g/mol. The van der Waals surface area contributed by atoms with Crippen molar-refractivity contribution < 1.29 is 14.3 Å². The normalized spacial score (nSPS) is 25.2. The number of methoxy groups -OCH3 is 1. The van der Waals surface area contributed by atoms with Gasteiger partial charge in [0.25, 0.3) is 0 Å². The van der Waals surface area contributed by atoms with Gasteiger partial charge in [-0.05, 0) is 60.4 Å². The molecule has 7 nitrogen and oxygen atoms in total. The monoisotopic (exact) mass is 666 g/mol. The third kappa shape index (κ3) is 7.08. The molecule has 2 bridgehead atoms. The van der Waals surface area contributed by atoms with Crippen molar-refractivity contribution in [3.63, 3.8) is 0 Å². The van der Waals surface area contributed by atoms with Crippen LogP contribution >= 0.6 is 24.8 Å². The number of carbonyl (C=O) groups is 2. The van der Waals surface area contributed by atoms with Gasteiger partial charge in [-0.1, -0.05) is 86.6 Å². The number of likely N-dealkylation sites (tertiary alicyclic amines) is 1. The van der Waals surface area contributed by atoms with E-state index in [1.165, 1.54) is 16.7 Å². The van der Waals surface area contributed by atoms with Crippen LogP contribution in [-0.4, -0.2) is 66.5 Å². The van der Waals surface area contributed by atoms with Crippen LogP contribution in [0.15, 0.2) is 78.9 Å². The highest BCUT2D eigenvalue weighted by Gasteiger charge is 2.53. The molecule has 4 saturated heterocycles. The van der Waals surface area contributed by atoms with Crippen LogP contribution in [0.1, 0.15) is 67.2 Å². The first-order chi connectivity index (χ1) is 21.4. The molecule has 4 aliphatic rings. The lowest BCUT2D eigenvalue weighted by molar-refractivity contribution is -0.149. The van der Waals surface area contributed by atoms with Crippen LogP contribution in [0, 0.1) is 11.8 Å². The lowest BCUT2D eigenvalue weighted by Crippen LogP contribution is -2.69. The van der Waals surface area contributed by atoms with Gasteiger partial charge < -0.3 is 20.7 Å². The molecule has 0 radical (unpaired) electrons. The standard InChI is InChI=1S/C37H46N4O3.2ClH/c1-24(2)27-16-17-32(44-3)28(21-27)22-39-34-29-18-20-40(23-30(29)37(43)41-19-10-15-31(41)36(38)42)35(34)33(25-11-6-4-7-12-25)26-13-8-5-9-14-26;;/h4-9,11-14,16-17,21,24,29-31,33-35,39H,10,15,18-20,22-23H2,1-3H3,(H2,38,42);2*1H/t29-,30-,31?,34-,35+;;/m0../s1. The Morgan fingerprint density at radius 3 is 2.15 bits per heavy atom. The number of piperidine rings is 3. The number of ether oxygens (including phenoxy) is 1. The molecule has 2 unspecified atom stereocenters. The molecule has 2 amide bonds. The van der Waals surface area contributed by atoms with Gasteiger partial charge in [0.1, 0.15) is 11.8 Å². The number of benzene rings is 3. The van der Waals surface area contributed by atoms with Crippen LogP contribution in [-0.2, 0) is 16.1 Å². The molecule has 248 valence electrons. The summed E-state index contributed by atoms with van der Waals surface area (Å²) in [6, 6.07) is 27.7. The molecule has 4 aliphatic heterocycles. The van der Waals surface area contributed by atoms with Crippen LogP contribution in [0.4, 0.5) is 0 Å². The lowest BCUT2D eigenvalue weighted by Gasteiger charge is -2.57. The first-order valence-corrected chi connectivity index (χ1v) is 16.2. The van der Waals surface area contributed by atoms with E-state index in [-0.39, 0.29) is 60.6 Å². The Bertz CT molecular complexity index is 1420. The zero-order valence-corrected chi connectivity index (χ0v) is 28.6. The van der Waals surface area contributed by atoms with Crippen LogP contribution in [0.3, 0.4) is 0 Å². The van der Waals surface area contributed by atoms with E-state index in [0.717, 1.165) is 30.7 Å². The summed E-state index contributed by atoms with van der Waals surface area (Å²) in [5.41, 5.74) is 10.7. The molecule has 0 saturated carbocycles. The third-order valence-corrected chi connectivity index (χ3v) is 10.3. The van der Waals surface area contributed by atoms with Crippen LogP contribution < -0.4 is 15.8 Å². The number of nitrogens with two attached hydrogens (primary N) is 1. The number of amides is 2. The summed E-state index contributed by atoms with van der Waals surface area (Å²) in [7, 11) is 1.73. The van der Waals surface area contributed by atoms with Crippen molar-refractivity contribution in [1.82, 2.24) is 15.1 Å². The van der Waals surface area contributed by atoms with E-state index in [9.17, 15) is 9.59 Å². The Kier molecular flexibility index (Phi) is 12.2. The van der Waals surface area contributed by atoms with Gasteiger partial charge in [-0.15, -0.1) is 24.8 Å². The predicted octanol–water partition coefficient (Wildman–Crippen LogP) is 5.75. The Balaban J connectivity index is 0.00000240. The highest BCUT2D eigenvalue weighted by molar-refractivity contribution is 5.88. The molecule has 4 fully saturated rings. The van der Waals surface area contributed by atoms with Gasteiger partial charge in [0.05, 0.1) is 13.0 Å². The fourth-order valence-electron chi connectivity index (χ4n) is 8.10. The number of rotatable bonds is 10. The smallest absolute Gasteiger partial charge is 0.240 e. The van der Waals surface area contributed by atoms with Gasteiger partial charge in [-0.3, -0.25) is 14.5 Å². The summed E-state index contributed by atoms with van der Waals surface area (Å²) in [6.07, 6.45) is 2.41. The van der Waals surface area contributed by atoms with Gasteiger partial charge >= 0.3 is 0 Å². The summed E-state index contributed by atoms with van der Waals surface area (Å²) < 4.78 is 5.80. The molecule has 7 rings (SSSR count). The van der Waals surface area contributed by atoms with Crippen molar-refractivity contribution in [2.24, 2.45) is 17.6 Å². The molecular formula is C37H48Cl2N4O3. The average molecular weight is 668 g/mol. The van der Waals surface area contributed by atoms with Crippen molar-refractivity contribution in [2.75, 3.05) is 26.7 Å². The quantitative estimate of drug-likeness (QED) is 0.288. The molecule has 3 aromatic rings. The second kappa shape index (κ2) is 15.7. The summed E-state index contributed by atoms with van der Waals surface area (Å²) in [4.78, 5) is 30.8. The predicted molar refractivity (Wildman–Crippen MR) is 188 cm³/mol. The Morgan fingerprint density at radius 2 is 1.57 bits per heavy atom. The molecule has 0 aliphatic carbocycles. The van der Waals surface area contributed by atoms with E-state index in [1.54, 1.807) is 12.0 Å². The fraction of sp³-hybridized carbons (Fsp3) is 0.459. The van der Waals surface area contributed by atoms with E-state index in [1.807, 2.05) is 0 Å². The maximum absolute atomic E-state index is 14.2. The van der Waals surface area contributed by atoms with Crippen molar-refractivity contribution in [1.29, 1.82) is 0 Å². The number of fused-ring (bicyclic) bond motifs is 3.